The highest BCUT2D eigenvalue weighted by Gasteiger charge is 2.39. The molecular formula is C21H31N5O. The molecule has 27 heavy (non-hydrogen) atoms. The molecule has 0 atom stereocenters. The lowest BCUT2D eigenvalue weighted by Gasteiger charge is -2.34. The van der Waals surface area contributed by atoms with Crippen LogP contribution < -0.4 is 0 Å². The molecule has 6 nitrogen and oxygen atoms in total. The van der Waals surface area contributed by atoms with Crippen molar-refractivity contribution in [2.75, 3.05) is 13.1 Å². The highest BCUT2D eigenvalue weighted by Crippen LogP contribution is 2.35. The van der Waals surface area contributed by atoms with Gasteiger partial charge >= 0.3 is 0 Å². The largest absolute Gasteiger partial charge is 0.333 e. The van der Waals surface area contributed by atoms with Gasteiger partial charge in [-0.1, -0.05) is 33.1 Å². The van der Waals surface area contributed by atoms with Gasteiger partial charge in [0, 0.05) is 36.6 Å². The minimum absolute atomic E-state index is 0.128. The highest BCUT2D eigenvalue weighted by molar-refractivity contribution is 6.00. The molecule has 0 saturated heterocycles. The Balaban J connectivity index is 1.58. The van der Waals surface area contributed by atoms with E-state index in [-0.39, 0.29) is 5.91 Å². The van der Waals surface area contributed by atoms with Gasteiger partial charge in [-0.05, 0) is 38.8 Å². The molecule has 6 heteroatoms. The van der Waals surface area contributed by atoms with Gasteiger partial charge in [0.05, 0.1) is 6.20 Å². The van der Waals surface area contributed by atoms with Crippen molar-refractivity contribution >= 4 is 11.6 Å². The third kappa shape index (κ3) is 3.86. The fourth-order valence-corrected chi connectivity index (χ4v) is 4.33. The van der Waals surface area contributed by atoms with Crippen LogP contribution in [0.1, 0.15) is 74.7 Å². The van der Waals surface area contributed by atoms with Gasteiger partial charge in [-0.15, -0.1) is 0 Å². The molecule has 0 spiro atoms. The maximum Gasteiger partial charge on any atom is 0.259 e. The van der Waals surface area contributed by atoms with Crippen LogP contribution in [0.2, 0.25) is 0 Å². The Morgan fingerprint density at radius 3 is 2.44 bits per heavy atom. The maximum atomic E-state index is 13.4. The summed E-state index contributed by atoms with van der Waals surface area (Å²) in [6.45, 7) is 7.20. The Kier molecular flexibility index (Phi) is 5.43. The van der Waals surface area contributed by atoms with E-state index in [1.807, 2.05) is 12.4 Å². The maximum absolute atomic E-state index is 13.4. The summed E-state index contributed by atoms with van der Waals surface area (Å²) in [5.74, 6) is 0.128. The second-order valence-electron chi connectivity index (χ2n) is 7.99. The van der Waals surface area contributed by atoms with E-state index in [4.69, 9.17) is 0 Å². The fourth-order valence-electron chi connectivity index (χ4n) is 4.33. The van der Waals surface area contributed by atoms with Crippen molar-refractivity contribution in [1.82, 2.24) is 24.4 Å². The van der Waals surface area contributed by atoms with Gasteiger partial charge in [0.15, 0.2) is 5.65 Å². The Labute approximate surface area is 161 Å². The van der Waals surface area contributed by atoms with Crippen LogP contribution in [0.3, 0.4) is 0 Å². The fraction of sp³-hybridized carbons (Fsp3) is 0.667. The Hall–Kier alpha value is -1.95. The van der Waals surface area contributed by atoms with E-state index in [2.05, 4.69) is 33.7 Å². The Bertz CT molecular complexity index is 787. The molecule has 0 radical (unpaired) electrons. The SMILES string of the molecule is CCN(CC)Cc1cnc2c(C(=O)N(C3CCCCC3)C3CC3)cnn2c1. The average molecular weight is 370 g/mol. The number of hydrogen-bond donors (Lipinski definition) is 0. The first-order valence-corrected chi connectivity index (χ1v) is 10.6. The molecule has 2 aliphatic carbocycles. The molecular weight excluding hydrogens is 338 g/mol. The number of carbonyl (C=O) groups is 1. The molecule has 2 heterocycles. The smallest absolute Gasteiger partial charge is 0.259 e. The van der Waals surface area contributed by atoms with Crippen molar-refractivity contribution in [2.24, 2.45) is 0 Å². The molecule has 1 amide bonds. The van der Waals surface area contributed by atoms with Crippen molar-refractivity contribution in [1.29, 1.82) is 0 Å². The van der Waals surface area contributed by atoms with E-state index in [9.17, 15) is 4.79 Å². The van der Waals surface area contributed by atoms with Gasteiger partial charge in [-0.2, -0.15) is 5.10 Å². The van der Waals surface area contributed by atoms with Crippen LogP contribution in [0.5, 0.6) is 0 Å². The minimum Gasteiger partial charge on any atom is -0.333 e. The molecule has 0 aromatic carbocycles. The van der Waals surface area contributed by atoms with Crippen molar-refractivity contribution in [3.63, 3.8) is 0 Å². The summed E-state index contributed by atoms with van der Waals surface area (Å²) in [5.41, 5.74) is 2.46. The Morgan fingerprint density at radius 2 is 1.78 bits per heavy atom. The van der Waals surface area contributed by atoms with Gasteiger partial charge in [0.2, 0.25) is 0 Å². The summed E-state index contributed by atoms with van der Waals surface area (Å²) >= 11 is 0. The first-order valence-electron chi connectivity index (χ1n) is 10.6. The molecule has 2 saturated carbocycles. The zero-order chi connectivity index (χ0) is 18.8. The van der Waals surface area contributed by atoms with Gasteiger partial charge < -0.3 is 4.90 Å². The molecule has 146 valence electrons. The molecule has 2 aromatic heterocycles. The van der Waals surface area contributed by atoms with Gasteiger partial charge in [-0.3, -0.25) is 9.69 Å². The number of nitrogens with zero attached hydrogens (tertiary/aromatic N) is 5. The van der Waals surface area contributed by atoms with E-state index in [0.29, 0.717) is 23.3 Å². The highest BCUT2D eigenvalue weighted by atomic mass is 16.2. The monoisotopic (exact) mass is 369 g/mol. The van der Waals surface area contributed by atoms with Crippen molar-refractivity contribution in [3.8, 4) is 0 Å². The summed E-state index contributed by atoms with van der Waals surface area (Å²) in [7, 11) is 0. The lowest BCUT2D eigenvalue weighted by molar-refractivity contribution is 0.0616. The second-order valence-corrected chi connectivity index (χ2v) is 7.99. The first kappa shape index (κ1) is 18.4. The van der Waals surface area contributed by atoms with Gasteiger partial charge in [-0.25, -0.2) is 9.50 Å². The second kappa shape index (κ2) is 7.97. The predicted molar refractivity (Wildman–Crippen MR) is 106 cm³/mol. The van der Waals surface area contributed by atoms with Crippen LogP contribution in [-0.4, -0.2) is 55.5 Å². The predicted octanol–water partition coefficient (Wildman–Crippen LogP) is 3.51. The normalized spacial score (nSPS) is 18.3. The zero-order valence-corrected chi connectivity index (χ0v) is 16.6. The molecule has 2 aliphatic rings. The summed E-state index contributed by atoms with van der Waals surface area (Å²) in [6, 6.07) is 0.827. The quantitative estimate of drug-likeness (QED) is 0.749. The average Bonchev–Trinajstić information content (AvgIpc) is 3.44. The molecule has 0 bridgehead atoms. The third-order valence-corrected chi connectivity index (χ3v) is 6.08. The molecule has 2 fully saturated rings. The van der Waals surface area contributed by atoms with Gasteiger partial charge in [0.1, 0.15) is 5.56 Å². The third-order valence-electron chi connectivity index (χ3n) is 6.08. The molecule has 2 aromatic rings. The standard InChI is InChI=1S/C21H31N5O/c1-3-24(4-2)14-16-12-22-20-19(13-23-25(20)15-16)21(27)26(18-10-11-18)17-8-6-5-7-9-17/h12-13,15,17-18H,3-11,14H2,1-2H3. The molecule has 0 N–H and O–H groups in total. The minimum atomic E-state index is 0.128. The number of fused-ring (bicyclic) bond motifs is 1. The van der Waals surface area contributed by atoms with Crippen LogP contribution in [0, 0.1) is 0 Å². The van der Waals surface area contributed by atoms with E-state index in [1.165, 1.54) is 19.3 Å². The Morgan fingerprint density at radius 1 is 1.07 bits per heavy atom. The topological polar surface area (TPSA) is 53.7 Å². The number of amides is 1. The van der Waals surface area contributed by atoms with Crippen LogP contribution >= 0.6 is 0 Å². The summed E-state index contributed by atoms with van der Waals surface area (Å²) in [5, 5.41) is 4.45. The van der Waals surface area contributed by atoms with E-state index < -0.39 is 0 Å². The summed E-state index contributed by atoms with van der Waals surface area (Å²) in [4.78, 5) is 22.5. The molecule has 0 unspecified atom stereocenters. The molecule has 4 rings (SSSR count). The zero-order valence-electron chi connectivity index (χ0n) is 16.6. The van der Waals surface area contributed by atoms with Crippen LogP contribution in [-0.2, 0) is 6.54 Å². The number of rotatable bonds is 7. The van der Waals surface area contributed by atoms with E-state index >= 15 is 0 Å². The van der Waals surface area contributed by atoms with Crippen LogP contribution in [0.25, 0.3) is 5.65 Å². The lowest BCUT2D eigenvalue weighted by atomic mass is 9.93. The number of carbonyl (C=O) groups excluding carboxylic acids is 1. The van der Waals surface area contributed by atoms with Gasteiger partial charge in [0.25, 0.3) is 5.91 Å². The lowest BCUT2D eigenvalue weighted by Crippen LogP contribution is -2.43. The van der Waals surface area contributed by atoms with Crippen molar-refractivity contribution < 1.29 is 4.79 Å². The van der Waals surface area contributed by atoms with Crippen LogP contribution in [0.15, 0.2) is 18.6 Å². The van der Waals surface area contributed by atoms with E-state index in [1.54, 1.807) is 10.7 Å². The summed E-state index contributed by atoms with van der Waals surface area (Å²) in [6.07, 6.45) is 14.0. The summed E-state index contributed by atoms with van der Waals surface area (Å²) < 4.78 is 1.78. The molecule has 0 aliphatic heterocycles. The van der Waals surface area contributed by atoms with Crippen molar-refractivity contribution in [3.05, 3.63) is 29.7 Å². The number of aromatic nitrogens is 3. The first-order chi connectivity index (χ1) is 13.2. The van der Waals surface area contributed by atoms with E-state index in [0.717, 1.165) is 50.9 Å². The van der Waals surface area contributed by atoms with Crippen molar-refractivity contribution in [2.45, 2.75) is 77.4 Å². The van der Waals surface area contributed by atoms with Crippen LogP contribution in [0.4, 0.5) is 0 Å². The number of hydrogen-bond acceptors (Lipinski definition) is 4.